The van der Waals surface area contributed by atoms with E-state index in [4.69, 9.17) is 10.6 Å². The van der Waals surface area contributed by atoms with E-state index in [-0.39, 0.29) is 12.3 Å². The molecule has 0 fully saturated rings. The van der Waals surface area contributed by atoms with Crippen molar-refractivity contribution in [2.75, 3.05) is 23.2 Å². The van der Waals surface area contributed by atoms with Gasteiger partial charge in [0.05, 0.1) is 18.0 Å². The van der Waals surface area contributed by atoms with Crippen LogP contribution in [0.1, 0.15) is 13.8 Å². The van der Waals surface area contributed by atoms with Crippen LogP contribution < -0.4 is 20.3 Å². The number of hydrogen-bond acceptors (Lipinski definition) is 5. The second-order valence-electron chi connectivity index (χ2n) is 3.90. The van der Waals surface area contributed by atoms with Crippen LogP contribution in [0.5, 0.6) is 5.75 Å². The third-order valence-electron chi connectivity index (χ3n) is 2.58. The summed E-state index contributed by atoms with van der Waals surface area (Å²) in [4.78, 5) is 11.4. The fourth-order valence-electron chi connectivity index (χ4n) is 1.56. The highest BCUT2D eigenvalue weighted by Gasteiger charge is 2.23. The molecule has 0 aromatic heterocycles. The number of nitrogens with one attached hydrogen (secondary N) is 1. The number of nitrogens with two attached hydrogens (primary N) is 1. The van der Waals surface area contributed by atoms with Gasteiger partial charge >= 0.3 is 0 Å². The van der Waals surface area contributed by atoms with E-state index in [1.165, 1.54) is 6.92 Å². The standard InChI is InChI=1S/C12H19N3O4S/c1-3-19-11-7-5-10(6-8-11)15(9-12(16)14-13)20(17,18)4-2/h5-8H,3-4,9,13H2,1-2H3,(H,14,16). The predicted octanol–water partition coefficient (Wildman–Crippen LogP) is 0.231. The Morgan fingerprint density at radius 1 is 1.30 bits per heavy atom. The Balaban J connectivity index is 3.07. The molecule has 0 aliphatic rings. The van der Waals surface area contributed by atoms with Crippen LogP contribution in [0.2, 0.25) is 0 Å². The molecule has 0 aliphatic carbocycles. The Bertz CT molecular complexity index is 542. The lowest BCUT2D eigenvalue weighted by molar-refractivity contribution is -0.119. The number of carbonyl (C=O) groups is 1. The highest BCUT2D eigenvalue weighted by atomic mass is 32.2. The average Bonchev–Trinajstić information content (AvgIpc) is 2.45. The van der Waals surface area contributed by atoms with Crippen molar-refractivity contribution in [3.8, 4) is 5.75 Å². The molecule has 0 bridgehead atoms. The van der Waals surface area contributed by atoms with E-state index in [1.54, 1.807) is 24.3 Å². The molecule has 0 aliphatic heterocycles. The number of hydrazine groups is 1. The number of nitrogens with zero attached hydrogens (tertiary/aromatic N) is 1. The van der Waals surface area contributed by atoms with Crippen LogP contribution in [0.3, 0.4) is 0 Å². The van der Waals surface area contributed by atoms with E-state index in [2.05, 4.69) is 0 Å². The van der Waals surface area contributed by atoms with Crippen molar-refractivity contribution < 1.29 is 17.9 Å². The van der Waals surface area contributed by atoms with Gasteiger partial charge in [-0.1, -0.05) is 0 Å². The summed E-state index contributed by atoms with van der Waals surface area (Å²) in [5, 5.41) is 0. The van der Waals surface area contributed by atoms with Crippen molar-refractivity contribution in [2.24, 2.45) is 5.84 Å². The normalized spacial score (nSPS) is 10.9. The first-order valence-corrected chi connectivity index (χ1v) is 7.78. The summed E-state index contributed by atoms with van der Waals surface area (Å²) >= 11 is 0. The number of amides is 1. The van der Waals surface area contributed by atoms with Crippen LogP contribution in [0.15, 0.2) is 24.3 Å². The molecule has 7 nitrogen and oxygen atoms in total. The van der Waals surface area contributed by atoms with Crippen molar-refractivity contribution in [1.82, 2.24) is 5.43 Å². The van der Waals surface area contributed by atoms with Crippen molar-refractivity contribution in [1.29, 1.82) is 0 Å². The smallest absolute Gasteiger partial charge is 0.254 e. The Morgan fingerprint density at radius 2 is 1.90 bits per heavy atom. The third-order valence-corrected chi connectivity index (χ3v) is 4.33. The molecular weight excluding hydrogens is 282 g/mol. The highest BCUT2D eigenvalue weighted by Crippen LogP contribution is 2.22. The number of rotatable bonds is 7. The van der Waals surface area contributed by atoms with Crippen LogP contribution >= 0.6 is 0 Å². The molecule has 1 aromatic rings. The van der Waals surface area contributed by atoms with Gasteiger partial charge in [0.1, 0.15) is 12.3 Å². The van der Waals surface area contributed by atoms with Crippen molar-refractivity contribution >= 4 is 21.6 Å². The van der Waals surface area contributed by atoms with Gasteiger partial charge in [-0.15, -0.1) is 0 Å². The van der Waals surface area contributed by atoms with E-state index < -0.39 is 15.9 Å². The van der Waals surface area contributed by atoms with E-state index in [0.29, 0.717) is 18.0 Å². The maximum absolute atomic E-state index is 12.0. The molecule has 0 spiro atoms. The molecule has 1 amide bonds. The minimum atomic E-state index is -3.57. The van der Waals surface area contributed by atoms with Crippen LogP contribution in [-0.2, 0) is 14.8 Å². The lowest BCUT2D eigenvalue weighted by atomic mass is 10.3. The molecule has 0 heterocycles. The van der Waals surface area contributed by atoms with Gasteiger partial charge in [-0.2, -0.15) is 0 Å². The van der Waals surface area contributed by atoms with Gasteiger partial charge in [-0.05, 0) is 38.1 Å². The quantitative estimate of drug-likeness (QED) is 0.426. The summed E-state index contributed by atoms with van der Waals surface area (Å²) < 4.78 is 30.4. The first kappa shape index (κ1) is 16.3. The van der Waals surface area contributed by atoms with Crippen molar-refractivity contribution in [3.63, 3.8) is 0 Å². The molecule has 0 radical (unpaired) electrons. The van der Waals surface area contributed by atoms with Gasteiger partial charge in [0, 0.05) is 0 Å². The summed E-state index contributed by atoms with van der Waals surface area (Å²) in [5.41, 5.74) is 2.31. The molecular formula is C12H19N3O4S. The summed E-state index contributed by atoms with van der Waals surface area (Å²) in [7, 11) is -3.57. The van der Waals surface area contributed by atoms with Crippen LogP contribution in [0.4, 0.5) is 5.69 Å². The SMILES string of the molecule is CCOc1ccc(N(CC(=O)NN)S(=O)(=O)CC)cc1. The first-order valence-electron chi connectivity index (χ1n) is 6.17. The molecule has 8 heteroatoms. The zero-order valence-electron chi connectivity index (χ0n) is 11.5. The molecule has 1 rings (SSSR count). The van der Waals surface area contributed by atoms with E-state index in [0.717, 1.165) is 4.31 Å². The second kappa shape index (κ2) is 7.11. The van der Waals surface area contributed by atoms with Gasteiger partial charge in [-0.25, -0.2) is 14.3 Å². The van der Waals surface area contributed by atoms with Gasteiger partial charge in [0.15, 0.2) is 0 Å². The highest BCUT2D eigenvalue weighted by molar-refractivity contribution is 7.92. The van der Waals surface area contributed by atoms with Gasteiger partial charge in [0.2, 0.25) is 10.0 Å². The van der Waals surface area contributed by atoms with Gasteiger partial charge in [0.25, 0.3) is 5.91 Å². The second-order valence-corrected chi connectivity index (χ2v) is 6.08. The number of hydrogen-bond donors (Lipinski definition) is 2. The predicted molar refractivity (Wildman–Crippen MR) is 76.7 cm³/mol. The number of anilines is 1. The number of benzene rings is 1. The maximum atomic E-state index is 12.0. The lowest BCUT2D eigenvalue weighted by Gasteiger charge is -2.23. The summed E-state index contributed by atoms with van der Waals surface area (Å²) in [6.45, 7) is 3.52. The monoisotopic (exact) mass is 301 g/mol. The summed E-state index contributed by atoms with van der Waals surface area (Å²) in [6.07, 6.45) is 0. The van der Waals surface area contributed by atoms with E-state index in [1.807, 2.05) is 12.3 Å². The van der Waals surface area contributed by atoms with Crippen LogP contribution in [0.25, 0.3) is 0 Å². The number of carbonyl (C=O) groups excluding carboxylic acids is 1. The van der Waals surface area contributed by atoms with E-state index in [9.17, 15) is 13.2 Å². The largest absolute Gasteiger partial charge is 0.494 e. The number of sulfonamides is 1. The first-order chi connectivity index (χ1) is 9.44. The third kappa shape index (κ3) is 4.10. The minimum Gasteiger partial charge on any atom is -0.494 e. The van der Waals surface area contributed by atoms with Crippen molar-refractivity contribution in [3.05, 3.63) is 24.3 Å². The Morgan fingerprint density at radius 3 is 2.35 bits per heavy atom. The zero-order chi connectivity index (χ0) is 15.2. The Kier molecular flexibility index (Phi) is 5.78. The molecule has 3 N–H and O–H groups in total. The average molecular weight is 301 g/mol. The van der Waals surface area contributed by atoms with Crippen LogP contribution in [0, 0.1) is 0 Å². The van der Waals surface area contributed by atoms with Crippen LogP contribution in [-0.4, -0.2) is 33.2 Å². The molecule has 1 aromatic carbocycles. The van der Waals surface area contributed by atoms with E-state index >= 15 is 0 Å². The summed E-state index contributed by atoms with van der Waals surface area (Å²) in [6, 6.07) is 6.47. The number of ether oxygens (including phenoxy) is 1. The fraction of sp³-hybridized carbons (Fsp3) is 0.417. The molecule has 0 atom stereocenters. The Hall–Kier alpha value is -1.80. The molecule has 112 valence electrons. The molecule has 0 unspecified atom stereocenters. The van der Waals surface area contributed by atoms with Crippen molar-refractivity contribution in [2.45, 2.75) is 13.8 Å². The summed E-state index contributed by atoms with van der Waals surface area (Å²) in [5.74, 6) is 4.94. The minimum absolute atomic E-state index is 0.113. The molecule has 20 heavy (non-hydrogen) atoms. The molecule has 0 saturated heterocycles. The van der Waals surface area contributed by atoms with Gasteiger partial charge in [-0.3, -0.25) is 14.5 Å². The fourth-order valence-corrected chi connectivity index (χ4v) is 2.63. The lowest BCUT2D eigenvalue weighted by Crippen LogP contribution is -2.43. The Labute approximate surface area is 118 Å². The maximum Gasteiger partial charge on any atom is 0.254 e. The van der Waals surface area contributed by atoms with Gasteiger partial charge < -0.3 is 4.74 Å². The topological polar surface area (TPSA) is 102 Å². The molecule has 0 saturated carbocycles. The zero-order valence-corrected chi connectivity index (χ0v) is 12.3.